The Labute approximate surface area is 108 Å². The summed E-state index contributed by atoms with van der Waals surface area (Å²) in [5, 5.41) is 4.12. The SMILES string of the molecule is CC(C)Oc1ccc2c(c1Cl)CCNC2.Cl. The minimum absolute atomic E-state index is 0. The lowest BCUT2D eigenvalue weighted by molar-refractivity contribution is 0.242. The van der Waals surface area contributed by atoms with Gasteiger partial charge in [0, 0.05) is 6.54 Å². The highest BCUT2D eigenvalue weighted by atomic mass is 35.5. The third-order valence-corrected chi connectivity index (χ3v) is 2.95. The van der Waals surface area contributed by atoms with Crippen LogP contribution in [-0.4, -0.2) is 12.6 Å². The summed E-state index contributed by atoms with van der Waals surface area (Å²) in [6.45, 7) is 5.93. The van der Waals surface area contributed by atoms with Crippen LogP contribution in [0.3, 0.4) is 0 Å². The van der Waals surface area contributed by atoms with Gasteiger partial charge in [-0.05, 0) is 44.0 Å². The summed E-state index contributed by atoms with van der Waals surface area (Å²) >= 11 is 6.32. The van der Waals surface area contributed by atoms with Crippen LogP contribution in [-0.2, 0) is 13.0 Å². The summed E-state index contributed by atoms with van der Waals surface area (Å²) in [6.07, 6.45) is 1.16. The molecule has 90 valence electrons. The van der Waals surface area contributed by atoms with E-state index in [4.69, 9.17) is 16.3 Å². The van der Waals surface area contributed by atoms with E-state index in [2.05, 4.69) is 11.4 Å². The average molecular weight is 262 g/mol. The molecule has 0 spiro atoms. The van der Waals surface area contributed by atoms with E-state index in [-0.39, 0.29) is 18.5 Å². The first kappa shape index (κ1) is 13.6. The number of rotatable bonds is 2. The van der Waals surface area contributed by atoms with Crippen LogP contribution < -0.4 is 10.1 Å². The second-order valence-electron chi connectivity index (χ2n) is 4.11. The summed E-state index contributed by atoms with van der Waals surface area (Å²) < 4.78 is 5.66. The second-order valence-corrected chi connectivity index (χ2v) is 4.49. The molecule has 1 heterocycles. The molecule has 0 aliphatic carbocycles. The van der Waals surface area contributed by atoms with Crippen LogP contribution in [0.5, 0.6) is 5.75 Å². The maximum Gasteiger partial charge on any atom is 0.138 e. The smallest absolute Gasteiger partial charge is 0.138 e. The maximum atomic E-state index is 6.32. The second kappa shape index (κ2) is 5.76. The van der Waals surface area contributed by atoms with Crippen LogP contribution in [0.4, 0.5) is 0 Å². The highest BCUT2D eigenvalue weighted by Crippen LogP contribution is 2.32. The van der Waals surface area contributed by atoms with Crippen molar-refractivity contribution >= 4 is 24.0 Å². The molecule has 1 aliphatic rings. The molecule has 1 aromatic carbocycles. The first-order valence-corrected chi connectivity index (χ1v) is 5.74. The molecule has 2 nitrogen and oxygen atoms in total. The fraction of sp³-hybridized carbons (Fsp3) is 0.500. The van der Waals surface area contributed by atoms with E-state index < -0.39 is 0 Å². The van der Waals surface area contributed by atoms with Gasteiger partial charge in [-0.15, -0.1) is 12.4 Å². The Morgan fingerprint density at radius 1 is 1.38 bits per heavy atom. The predicted molar refractivity (Wildman–Crippen MR) is 69.9 cm³/mol. The molecular formula is C12H17Cl2NO. The van der Waals surface area contributed by atoms with Crippen LogP contribution in [0.2, 0.25) is 5.02 Å². The van der Waals surface area contributed by atoms with E-state index >= 15 is 0 Å². The molecule has 1 aromatic rings. The molecule has 0 radical (unpaired) electrons. The minimum atomic E-state index is 0. The number of fused-ring (bicyclic) bond motifs is 1. The first-order chi connectivity index (χ1) is 7.18. The third-order valence-electron chi connectivity index (χ3n) is 2.53. The Kier molecular flexibility index (Phi) is 4.90. The van der Waals surface area contributed by atoms with Crippen LogP contribution in [0.1, 0.15) is 25.0 Å². The van der Waals surface area contributed by atoms with Gasteiger partial charge in [0.15, 0.2) is 0 Å². The monoisotopic (exact) mass is 261 g/mol. The van der Waals surface area contributed by atoms with Crippen LogP contribution in [0.15, 0.2) is 12.1 Å². The lowest BCUT2D eigenvalue weighted by atomic mass is 10.0. The van der Waals surface area contributed by atoms with Crippen LogP contribution in [0.25, 0.3) is 0 Å². The number of benzene rings is 1. The number of halogens is 2. The van der Waals surface area contributed by atoms with Crippen molar-refractivity contribution in [3.05, 3.63) is 28.3 Å². The van der Waals surface area contributed by atoms with Crippen LogP contribution >= 0.6 is 24.0 Å². The highest BCUT2D eigenvalue weighted by molar-refractivity contribution is 6.33. The van der Waals surface area contributed by atoms with Crippen molar-refractivity contribution in [1.82, 2.24) is 5.32 Å². The molecule has 0 aromatic heterocycles. The van der Waals surface area contributed by atoms with Crippen molar-refractivity contribution in [2.45, 2.75) is 32.9 Å². The standard InChI is InChI=1S/C12H16ClNO.ClH/c1-8(2)15-11-4-3-9-7-14-6-5-10(9)12(11)13;/h3-4,8,14H,5-7H2,1-2H3;1H. The lowest BCUT2D eigenvalue weighted by Gasteiger charge is -2.21. The molecule has 0 saturated heterocycles. The van der Waals surface area contributed by atoms with Gasteiger partial charge in [-0.2, -0.15) is 0 Å². The zero-order valence-electron chi connectivity index (χ0n) is 9.55. The Morgan fingerprint density at radius 2 is 2.12 bits per heavy atom. The van der Waals surface area contributed by atoms with Crippen molar-refractivity contribution in [3.8, 4) is 5.75 Å². The molecule has 16 heavy (non-hydrogen) atoms. The van der Waals surface area contributed by atoms with Gasteiger partial charge in [0.05, 0.1) is 11.1 Å². The zero-order valence-corrected chi connectivity index (χ0v) is 11.1. The molecule has 2 rings (SSSR count). The highest BCUT2D eigenvalue weighted by Gasteiger charge is 2.15. The van der Waals surface area contributed by atoms with Crippen molar-refractivity contribution < 1.29 is 4.74 Å². The Morgan fingerprint density at radius 3 is 2.81 bits per heavy atom. The summed E-state index contributed by atoms with van der Waals surface area (Å²) in [7, 11) is 0. The summed E-state index contributed by atoms with van der Waals surface area (Å²) in [5.41, 5.74) is 2.54. The van der Waals surface area contributed by atoms with Gasteiger partial charge in [-0.3, -0.25) is 0 Å². The maximum absolute atomic E-state index is 6.32. The Bertz CT molecular complexity index is 366. The van der Waals surface area contributed by atoms with Crippen molar-refractivity contribution in [3.63, 3.8) is 0 Å². The van der Waals surface area contributed by atoms with Gasteiger partial charge in [0.2, 0.25) is 0 Å². The largest absolute Gasteiger partial charge is 0.489 e. The van der Waals surface area contributed by atoms with Gasteiger partial charge < -0.3 is 10.1 Å². The normalized spacial score (nSPS) is 14.2. The van der Waals surface area contributed by atoms with E-state index in [0.29, 0.717) is 0 Å². The van der Waals surface area contributed by atoms with E-state index in [0.717, 1.165) is 30.3 Å². The van der Waals surface area contributed by atoms with E-state index in [1.165, 1.54) is 11.1 Å². The molecule has 0 unspecified atom stereocenters. The van der Waals surface area contributed by atoms with Gasteiger partial charge >= 0.3 is 0 Å². The molecular weight excluding hydrogens is 245 g/mol. The summed E-state index contributed by atoms with van der Waals surface area (Å²) in [6, 6.07) is 4.07. The van der Waals surface area contributed by atoms with Gasteiger partial charge in [-0.25, -0.2) is 0 Å². The molecule has 4 heteroatoms. The fourth-order valence-corrected chi connectivity index (χ4v) is 2.18. The van der Waals surface area contributed by atoms with Crippen molar-refractivity contribution in [2.75, 3.05) is 6.54 Å². The molecule has 1 aliphatic heterocycles. The van der Waals surface area contributed by atoms with Gasteiger partial charge in [0.25, 0.3) is 0 Å². The number of ether oxygens (including phenoxy) is 1. The molecule has 0 atom stereocenters. The predicted octanol–water partition coefficient (Wildman–Crippen LogP) is 3.19. The zero-order chi connectivity index (χ0) is 10.8. The third kappa shape index (κ3) is 2.82. The fourth-order valence-electron chi connectivity index (χ4n) is 1.86. The van der Waals surface area contributed by atoms with E-state index in [1.807, 2.05) is 19.9 Å². The quantitative estimate of drug-likeness (QED) is 0.883. The number of nitrogens with one attached hydrogen (secondary N) is 1. The molecule has 0 fully saturated rings. The number of hydrogen-bond donors (Lipinski definition) is 1. The van der Waals surface area contributed by atoms with Gasteiger partial charge in [-0.1, -0.05) is 17.7 Å². The molecule has 0 saturated carbocycles. The summed E-state index contributed by atoms with van der Waals surface area (Å²) in [5.74, 6) is 0.812. The first-order valence-electron chi connectivity index (χ1n) is 5.36. The van der Waals surface area contributed by atoms with Crippen LogP contribution in [0, 0.1) is 0 Å². The van der Waals surface area contributed by atoms with Crippen molar-refractivity contribution in [2.24, 2.45) is 0 Å². The topological polar surface area (TPSA) is 21.3 Å². The average Bonchev–Trinajstić information content (AvgIpc) is 2.22. The Hall–Kier alpha value is -0.440. The summed E-state index contributed by atoms with van der Waals surface area (Å²) in [4.78, 5) is 0. The van der Waals surface area contributed by atoms with E-state index in [1.54, 1.807) is 0 Å². The number of hydrogen-bond acceptors (Lipinski definition) is 2. The molecule has 0 amide bonds. The lowest BCUT2D eigenvalue weighted by Crippen LogP contribution is -2.24. The van der Waals surface area contributed by atoms with Gasteiger partial charge in [0.1, 0.15) is 5.75 Å². The van der Waals surface area contributed by atoms with E-state index in [9.17, 15) is 0 Å². The Balaban J connectivity index is 0.00000128. The molecule has 0 bridgehead atoms. The molecule has 1 N–H and O–H groups in total. The van der Waals surface area contributed by atoms with Crippen molar-refractivity contribution in [1.29, 1.82) is 0 Å². The minimum Gasteiger partial charge on any atom is -0.489 e.